The molecule has 1 aromatic carbocycles. The van der Waals surface area contributed by atoms with Crippen LogP contribution in [0.2, 0.25) is 0 Å². The predicted octanol–water partition coefficient (Wildman–Crippen LogP) is 3.58. The number of pyridine rings is 1. The number of para-hydroxylation sites is 1. The fourth-order valence-corrected chi connectivity index (χ4v) is 4.06. The van der Waals surface area contributed by atoms with Crippen LogP contribution in [0.15, 0.2) is 42.7 Å². The molecule has 0 spiro atoms. The van der Waals surface area contributed by atoms with E-state index in [4.69, 9.17) is 0 Å². The molecular formula is C22H27N5O. The number of benzene rings is 1. The van der Waals surface area contributed by atoms with Gasteiger partial charge in [-0.25, -0.2) is 0 Å². The Morgan fingerprint density at radius 1 is 1.25 bits per heavy atom. The number of hydrogen-bond acceptors (Lipinski definition) is 4. The number of likely N-dealkylation sites (tertiary alicyclic amines) is 1. The minimum Gasteiger partial charge on any atom is -0.338 e. The maximum atomic E-state index is 13.2. The molecular weight excluding hydrogens is 350 g/mol. The van der Waals surface area contributed by atoms with Gasteiger partial charge in [0.1, 0.15) is 0 Å². The molecule has 1 fully saturated rings. The Morgan fingerprint density at radius 2 is 2.11 bits per heavy atom. The van der Waals surface area contributed by atoms with Crippen molar-refractivity contribution in [2.45, 2.75) is 39.7 Å². The Kier molecular flexibility index (Phi) is 5.37. The maximum Gasteiger partial charge on any atom is 0.254 e. The number of carbonyl (C=O) groups is 1. The van der Waals surface area contributed by atoms with Crippen molar-refractivity contribution in [3.05, 3.63) is 54.0 Å². The molecule has 0 saturated carbocycles. The minimum atomic E-state index is 0.0994. The molecule has 0 aliphatic carbocycles. The van der Waals surface area contributed by atoms with Crippen LogP contribution in [0.5, 0.6) is 0 Å². The zero-order chi connectivity index (χ0) is 19.5. The van der Waals surface area contributed by atoms with Crippen LogP contribution in [-0.4, -0.2) is 43.9 Å². The van der Waals surface area contributed by atoms with E-state index in [1.165, 1.54) is 0 Å². The van der Waals surface area contributed by atoms with Crippen LogP contribution in [0.25, 0.3) is 10.9 Å². The number of rotatable bonds is 5. The van der Waals surface area contributed by atoms with Crippen molar-refractivity contribution in [2.75, 3.05) is 13.1 Å². The summed E-state index contributed by atoms with van der Waals surface area (Å²) in [5, 5.41) is 9.49. The molecule has 0 radical (unpaired) electrons. The van der Waals surface area contributed by atoms with Crippen molar-refractivity contribution in [3.63, 3.8) is 0 Å². The molecule has 1 atom stereocenters. The van der Waals surface area contributed by atoms with Gasteiger partial charge in [0.15, 0.2) is 0 Å². The van der Waals surface area contributed by atoms with Crippen LogP contribution in [0.1, 0.15) is 42.7 Å². The molecule has 0 bridgehead atoms. The van der Waals surface area contributed by atoms with Crippen molar-refractivity contribution < 1.29 is 4.79 Å². The van der Waals surface area contributed by atoms with Gasteiger partial charge in [0.05, 0.1) is 16.8 Å². The number of carbonyl (C=O) groups excluding carboxylic acids is 1. The van der Waals surface area contributed by atoms with Crippen molar-refractivity contribution in [1.82, 2.24) is 24.9 Å². The van der Waals surface area contributed by atoms with E-state index >= 15 is 0 Å². The largest absolute Gasteiger partial charge is 0.338 e. The quantitative estimate of drug-likeness (QED) is 0.682. The molecule has 4 rings (SSSR count). The zero-order valence-corrected chi connectivity index (χ0v) is 16.6. The fourth-order valence-electron chi connectivity index (χ4n) is 4.06. The van der Waals surface area contributed by atoms with Crippen molar-refractivity contribution in [3.8, 4) is 0 Å². The Morgan fingerprint density at radius 3 is 2.96 bits per heavy atom. The topological polar surface area (TPSA) is 63.9 Å². The summed E-state index contributed by atoms with van der Waals surface area (Å²) in [6, 6.07) is 9.67. The molecule has 0 N–H and O–H groups in total. The minimum absolute atomic E-state index is 0.0994. The van der Waals surface area contributed by atoms with Gasteiger partial charge in [-0.05, 0) is 43.2 Å². The Hall–Kier alpha value is -2.76. The summed E-state index contributed by atoms with van der Waals surface area (Å²) in [6.07, 6.45) is 6.86. The first-order chi connectivity index (χ1) is 13.6. The average Bonchev–Trinajstić information content (AvgIpc) is 3.13. The lowest BCUT2D eigenvalue weighted by Crippen LogP contribution is -2.41. The number of aromatic nitrogens is 4. The van der Waals surface area contributed by atoms with Gasteiger partial charge in [-0.2, -0.15) is 0 Å². The molecule has 2 aromatic heterocycles. The highest BCUT2D eigenvalue weighted by Gasteiger charge is 2.26. The molecule has 6 heteroatoms. The van der Waals surface area contributed by atoms with Crippen LogP contribution in [0.4, 0.5) is 0 Å². The number of fused-ring (bicyclic) bond motifs is 1. The first-order valence-corrected chi connectivity index (χ1v) is 10.1. The average molecular weight is 377 g/mol. The third-order valence-corrected chi connectivity index (χ3v) is 5.33. The van der Waals surface area contributed by atoms with Gasteiger partial charge < -0.3 is 4.90 Å². The molecule has 1 amide bonds. The third-order valence-electron chi connectivity index (χ3n) is 5.33. The Balaban J connectivity index is 1.46. The predicted molar refractivity (Wildman–Crippen MR) is 109 cm³/mol. The molecule has 28 heavy (non-hydrogen) atoms. The number of nitrogens with zero attached hydrogens (tertiary/aromatic N) is 5. The highest BCUT2D eigenvalue weighted by Crippen LogP contribution is 2.23. The molecule has 1 saturated heterocycles. The summed E-state index contributed by atoms with van der Waals surface area (Å²) in [4.78, 5) is 19.6. The molecule has 3 heterocycles. The summed E-state index contributed by atoms with van der Waals surface area (Å²) in [6.45, 7) is 6.75. The molecule has 6 nitrogen and oxygen atoms in total. The van der Waals surface area contributed by atoms with E-state index in [1.807, 2.05) is 39.9 Å². The van der Waals surface area contributed by atoms with Crippen LogP contribution in [0.3, 0.4) is 0 Å². The van der Waals surface area contributed by atoms with Gasteiger partial charge in [0, 0.05) is 37.4 Å². The van der Waals surface area contributed by atoms with Gasteiger partial charge >= 0.3 is 0 Å². The van der Waals surface area contributed by atoms with Gasteiger partial charge in [-0.3, -0.25) is 14.5 Å². The van der Waals surface area contributed by atoms with Crippen LogP contribution in [0, 0.1) is 11.8 Å². The number of amides is 1. The van der Waals surface area contributed by atoms with E-state index in [1.54, 1.807) is 6.20 Å². The van der Waals surface area contributed by atoms with E-state index in [2.05, 4.69) is 35.3 Å². The maximum absolute atomic E-state index is 13.2. The van der Waals surface area contributed by atoms with Gasteiger partial charge in [0.2, 0.25) is 0 Å². The zero-order valence-electron chi connectivity index (χ0n) is 16.6. The first-order valence-electron chi connectivity index (χ1n) is 10.1. The number of hydrogen-bond donors (Lipinski definition) is 0. The Labute approximate surface area is 165 Å². The lowest BCUT2D eigenvalue weighted by molar-refractivity contribution is 0.0661. The van der Waals surface area contributed by atoms with Crippen molar-refractivity contribution in [1.29, 1.82) is 0 Å². The van der Waals surface area contributed by atoms with Crippen LogP contribution >= 0.6 is 0 Å². The van der Waals surface area contributed by atoms with Crippen LogP contribution < -0.4 is 0 Å². The summed E-state index contributed by atoms with van der Waals surface area (Å²) in [7, 11) is 0. The number of piperidine rings is 1. The summed E-state index contributed by atoms with van der Waals surface area (Å²) in [5.41, 5.74) is 2.65. The van der Waals surface area contributed by atoms with Crippen molar-refractivity contribution in [2.24, 2.45) is 11.8 Å². The van der Waals surface area contributed by atoms with Gasteiger partial charge in [-0.15, -0.1) is 5.10 Å². The highest BCUT2D eigenvalue weighted by atomic mass is 16.2. The first kappa shape index (κ1) is 18.6. The second-order valence-corrected chi connectivity index (χ2v) is 8.16. The third kappa shape index (κ3) is 4.06. The summed E-state index contributed by atoms with van der Waals surface area (Å²) >= 11 is 0. The SMILES string of the molecule is CC(C)Cc1cn(CC2CCCN(C(=O)c3ccnc4ccccc34)C2)nn1. The summed E-state index contributed by atoms with van der Waals surface area (Å²) < 4.78 is 1.94. The molecule has 1 aliphatic rings. The van der Waals surface area contributed by atoms with Crippen LogP contribution in [-0.2, 0) is 13.0 Å². The second kappa shape index (κ2) is 8.09. The fraction of sp³-hybridized carbons (Fsp3) is 0.455. The Bertz CT molecular complexity index is 959. The standard InChI is InChI=1S/C22H27N5O/c1-16(2)12-18-15-27(25-24-18)14-17-6-5-11-26(13-17)22(28)20-9-10-23-21-8-4-3-7-19(20)21/h3-4,7-10,15-17H,5-6,11-14H2,1-2H3. The second-order valence-electron chi connectivity index (χ2n) is 8.16. The lowest BCUT2D eigenvalue weighted by Gasteiger charge is -2.33. The van der Waals surface area contributed by atoms with E-state index in [9.17, 15) is 4.79 Å². The monoisotopic (exact) mass is 377 g/mol. The highest BCUT2D eigenvalue weighted by molar-refractivity contribution is 6.05. The molecule has 1 aliphatic heterocycles. The van der Waals surface area contributed by atoms with Crippen molar-refractivity contribution >= 4 is 16.8 Å². The molecule has 3 aromatic rings. The smallest absolute Gasteiger partial charge is 0.254 e. The van der Waals surface area contributed by atoms with E-state index in [-0.39, 0.29) is 5.91 Å². The van der Waals surface area contributed by atoms with Gasteiger partial charge in [-0.1, -0.05) is 37.3 Å². The van der Waals surface area contributed by atoms with Gasteiger partial charge in [0.25, 0.3) is 5.91 Å². The van der Waals surface area contributed by atoms with E-state index in [0.29, 0.717) is 11.8 Å². The van der Waals surface area contributed by atoms with E-state index < -0.39 is 0 Å². The van der Waals surface area contributed by atoms with E-state index in [0.717, 1.165) is 61.1 Å². The molecule has 1 unspecified atom stereocenters. The lowest BCUT2D eigenvalue weighted by atomic mass is 9.97. The normalized spacial score (nSPS) is 17.4. The summed E-state index contributed by atoms with van der Waals surface area (Å²) in [5.74, 6) is 1.07. The molecule has 146 valence electrons.